The molecular formula is C21H28N2O4. The number of hydrogen-bond acceptors (Lipinski definition) is 5. The van der Waals surface area contributed by atoms with E-state index in [1.807, 2.05) is 24.3 Å². The van der Waals surface area contributed by atoms with Gasteiger partial charge in [-0.1, -0.05) is 13.3 Å². The lowest BCUT2D eigenvalue weighted by molar-refractivity contribution is 0.0118. The lowest BCUT2D eigenvalue weighted by Gasteiger charge is -2.33. The molecule has 1 aromatic carbocycles. The zero-order chi connectivity index (χ0) is 18.9. The molecule has 1 atom stereocenters. The van der Waals surface area contributed by atoms with Crippen molar-refractivity contribution in [2.45, 2.75) is 25.8 Å². The fraction of sp³-hybridized carbons (Fsp3) is 0.476. The van der Waals surface area contributed by atoms with E-state index in [1.54, 1.807) is 18.4 Å². The van der Waals surface area contributed by atoms with Gasteiger partial charge in [0.15, 0.2) is 0 Å². The van der Waals surface area contributed by atoms with Gasteiger partial charge in [-0.05, 0) is 42.8 Å². The Morgan fingerprint density at radius 3 is 2.67 bits per heavy atom. The number of nitrogens with one attached hydrogen (secondary N) is 1. The third-order valence-corrected chi connectivity index (χ3v) is 4.70. The number of furan rings is 1. The van der Waals surface area contributed by atoms with Crippen LogP contribution in [0.4, 0.5) is 0 Å². The van der Waals surface area contributed by atoms with E-state index in [-0.39, 0.29) is 11.9 Å². The SMILES string of the molecule is CCCCOc1ccc(C(=O)NCC(c2ccco2)N2CCOCC2)cc1. The first-order chi connectivity index (χ1) is 13.3. The summed E-state index contributed by atoms with van der Waals surface area (Å²) in [5.41, 5.74) is 0.623. The summed E-state index contributed by atoms with van der Waals surface area (Å²) in [7, 11) is 0. The zero-order valence-electron chi connectivity index (χ0n) is 15.9. The van der Waals surface area contributed by atoms with Gasteiger partial charge in [0.05, 0.1) is 32.1 Å². The zero-order valence-corrected chi connectivity index (χ0v) is 15.9. The van der Waals surface area contributed by atoms with E-state index in [4.69, 9.17) is 13.9 Å². The van der Waals surface area contributed by atoms with Crippen molar-refractivity contribution in [2.24, 2.45) is 0 Å². The van der Waals surface area contributed by atoms with Crippen LogP contribution >= 0.6 is 0 Å². The number of benzene rings is 1. The second-order valence-corrected chi connectivity index (χ2v) is 6.62. The van der Waals surface area contributed by atoms with Crippen LogP contribution < -0.4 is 10.1 Å². The second-order valence-electron chi connectivity index (χ2n) is 6.62. The number of rotatable bonds is 9. The number of hydrogen-bond donors (Lipinski definition) is 1. The Balaban J connectivity index is 1.57. The molecule has 2 aromatic rings. The maximum absolute atomic E-state index is 12.5. The number of amides is 1. The number of ether oxygens (including phenoxy) is 2. The van der Waals surface area contributed by atoms with E-state index >= 15 is 0 Å². The second kappa shape index (κ2) is 10.1. The minimum atomic E-state index is -0.0973. The summed E-state index contributed by atoms with van der Waals surface area (Å²) >= 11 is 0. The summed E-state index contributed by atoms with van der Waals surface area (Å²) in [6, 6.07) is 11.1. The predicted molar refractivity (Wildman–Crippen MR) is 103 cm³/mol. The van der Waals surface area contributed by atoms with Crippen molar-refractivity contribution in [3.05, 3.63) is 54.0 Å². The third-order valence-electron chi connectivity index (χ3n) is 4.70. The van der Waals surface area contributed by atoms with E-state index in [2.05, 4.69) is 17.1 Å². The van der Waals surface area contributed by atoms with Gasteiger partial charge in [-0.25, -0.2) is 0 Å². The summed E-state index contributed by atoms with van der Waals surface area (Å²) in [6.45, 7) is 6.36. The number of carbonyl (C=O) groups excluding carboxylic acids is 1. The summed E-state index contributed by atoms with van der Waals surface area (Å²) in [4.78, 5) is 14.8. The monoisotopic (exact) mass is 372 g/mol. The Morgan fingerprint density at radius 2 is 2.00 bits per heavy atom. The maximum Gasteiger partial charge on any atom is 0.251 e. The minimum Gasteiger partial charge on any atom is -0.494 e. The molecule has 6 heteroatoms. The highest BCUT2D eigenvalue weighted by Crippen LogP contribution is 2.22. The predicted octanol–water partition coefficient (Wildman–Crippen LogP) is 3.26. The van der Waals surface area contributed by atoms with Crippen LogP contribution in [0.25, 0.3) is 0 Å². The molecule has 1 fully saturated rings. The quantitative estimate of drug-likeness (QED) is 0.685. The van der Waals surface area contributed by atoms with Gasteiger partial charge in [0.2, 0.25) is 0 Å². The fourth-order valence-corrected chi connectivity index (χ4v) is 3.11. The third kappa shape index (κ3) is 5.58. The van der Waals surface area contributed by atoms with E-state index < -0.39 is 0 Å². The Hall–Kier alpha value is -2.31. The van der Waals surface area contributed by atoms with Crippen LogP contribution in [0, 0.1) is 0 Å². The average molecular weight is 372 g/mol. The summed E-state index contributed by atoms with van der Waals surface area (Å²) < 4.78 is 16.7. The number of unbranched alkanes of at least 4 members (excludes halogenated alkanes) is 1. The van der Waals surface area contributed by atoms with Gasteiger partial charge in [0.25, 0.3) is 5.91 Å². The first-order valence-corrected chi connectivity index (χ1v) is 9.64. The topological polar surface area (TPSA) is 63.9 Å². The Kier molecular flexibility index (Phi) is 7.30. The Morgan fingerprint density at radius 1 is 1.22 bits per heavy atom. The van der Waals surface area contributed by atoms with Gasteiger partial charge in [-0.15, -0.1) is 0 Å². The number of carbonyl (C=O) groups is 1. The summed E-state index contributed by atoms with van der Waals surface area (Å²) in [5.74, 6) is 1.55. The normalized spacial score (nSPS) is 16.0. The highest BCUT2D eigenvalue weighted by atomic mass is 16.5. The molecule has 0 radical (unpaired) electrons. The van der Waals surface area contributed by atoms with Crippen LogP contribution in [0.5, 0.6) is 5.75 Å². The van der Waals surface area contributed by atoms with Gasteiger partial charge in [0.1, 0.15) is 11.5 Å². The summed E-state index contributed by atoms with van der Waals surface area (Å²) in [6.07, 6.45) is 3.79. The first-order valence-electron chi connectivity index (χ1n) is 9.64. The Labute approximate surface area is 160 Å². The van der Waals surface area contributed by atoms with Crippen LogP contribution in [0.15, 0.2) is 47.1 Å². The van der Waals surface area contributed by atoms with Crippen molar-refractivity contribution < 1.29 is 18.7 Å². The Bertz CT molecular complexity index is 679. The first kappa shape index (κ1) is 19.5. The molecule has 146 valence electrons. The van der Waals surface area contributed by atoms with Crippen molar-refractivity contribution in [3.63, 3.8) is 0 Å². The van der Waals surface area contributed by atoms with Gasteiger partial charge in [-0.2, -0.15) is 0 Å². The molecule has 27 heavy (non-hydrogen) atoms. The lowest BCUT2D eigenvalue weighted by atomic mass is 10.1. The fourth-order valence-electron chi connectivity index (χ4n) is 3.11. The standard InChI is InChI=1S/C21H28N2O4/c1-2-3-12-26-18-8-6-17(7-9-18)21(24)22-16-19(20-5-4-13-27-20)23-10-14-25-15-11-23/h4-9,13,19H,2-3,10-12,14-16H2,1H3,(H,22,24). The molecule has 0 spiro atoms. The average Bonchev–Trinajstić information content (AvgIpc) is 3.24. The minimum absolute atomic E-state index is 0.00417. The molecule has 1 saturated heterocycles. The molecule has 0 saturated carbocycles. The van der Waals surface area contributed by atoms with Crippen LogP contribution in [-0.4, -0.2) is 50.3 Å². The molecule has 6 nitrogen and oxygen atoms in total. The van der Waals surface area contributed by atoms with Crippen LogP contribution in [0.1, 0.15) is 41.9 Å². The van der Waals surface area contributed by atoms with Gasteiger partial charge in [0, 0.05) is 25.2 Å². The molecule has 0 aliphatic carbocycles. The molecule has 2 heterocycles. The van der Waals surface area contributed by atoms with Gasteiger partial charge >= 0.3 is 0 Å². The molecule has 0 bridgehead atoms. The van der Waals surface area contributed by atoms with Crippen molar-refractivity contribution in [1.82, 2.24) is 10.2 Å². The highest BCUT2D eigenvalue weighted by Gasteiger charge is 2.25. The molecule has 1 unspecified atom stereocenters. The highest BCUT2D eigenvalue weighted by molar-refractivity contribution is 5.94. The smallest absolute Gasteiger partial charge is 0.251 e. The van der Waals surface area contributed by atoms with Crippen molar-refractivity contribution in [1.29, 1.82) is 0 Å². The lowest BCUT2D eigenvalue weighted by Crippen LogP contribution is -2.43. The van der Waals surface area contributed by atoms with Gasteiger partial charge in [-0.3, -0.25) is 9.69 Å². The molecular weight excluding hydrogens is 344 g/mol. The molecule has 1 aliphatic heterocycles. The van der Waals surface area contributed by atoms with Crippen LogP contribution in [0.3, 0.4) is 0 Å². The van der Waals surface area contributed by atoms with Crippen molar-refractivity contribution >= 4 is 5.91 Å². The number of nitrogens with zero attached hydrogens (tertiary/aromatic N) is 1. The number of morpholine rings is 1. The maximum atomic E-state index is 12.5. The largest absolute Gasteiger partial charge is 0.494 e. The van der Waals surface area contributed by atoms with Crippen molar-refractivity contribution in [3.8, 4) is 5.75 Å². The molecule has 1 N–H and O–H groups in total. The van der Waals surface area contributed by atoms with Crippen molar-refractivity contribution in [2.75, 3.05) is 39.5 Å². The summed E-state index contributed by atoms with van der Waals surface area (Å²) in [5, 5.41) is 3.03. The van der Waals surface area contributed by atoms with Crippen LogP contribution in [0.2, 0.25) is 0 Å². The van der Waals surface area contributed by atoms with E-state index in [9.17, 15) is 4.79 Å². The van der Waals surface area contributed by atoms with E-state index in [0.717, 1.165) is 37.4 Å². The van der Waals surface area contributed by atoms with Crippen LogP contribution in [-0.2, 0) is 4.74 Å². The van der Waals surface area contributed by atoms with E-state index in [0.29, 0.717) is 31.9 Å². The molecule has 3 rings (SSSR count). The van der Waals surface area contributed by atoms with Gasteiger partial charge < -0.3 is 19.2 Å². The molecule has 1 amide bonds. The van der Waals surface area contributed by atoms with E-state index in [1.165, 1.54) is 0 Å². The molecule has 1 aliphatic rings. The molecule has 1 aromatic heterocycles.